The number of amides is 1. The molecule has 0 aromatic heterocycles. The summed E-state index contributed by atoms with van der Waals surface area (Å²) in [5.74, 6) is -0.0203. The molecule has 3 rings (SSSR count). The van der Waals surface area contributed by atoms with Crippen LogP contribution in [0.3, 0.4) is 0 Å². The Labute approximate surface area is 174 Å². The molecule has 1 unspecified atom stereocenters. The minimum atomic E-state index is -3.02. The first-order valence-electron chi connectivity index (χ1n) is 9.78. The molecule has 0 heterocycles. The van der Waals surface area contributed by atoms with Gasteiger partial charge in [-0.2, -0.15) is 8.78 Å². The average Bonchev–Trinajstić information content (AvgIpc) is 3.58. The molecule has 0 aliphatic heterocycles. The van der Waals surface area contributed by atoms with Gasteiger partial charge in [0, 0.05) is 18.2 Å². The van der Waals surface area contributed by atoms with Gasteiger partial charge < -0.3 is 19.5 Å². The van der Waals surface area contributed by atoms with Crippen molar-refractivity contribution in [2.24, 2.45) is 5.92 Å². The zero-order valence-electron chi connectivity index (χ0n) is 16.7. The summed E-state index contributed by atoms with van der Waals surface area (Å²) in [6, 6.07) is 13.9. The van der Waals surface area contributed by atoms with E-state index in [0.29, 0.717) is 12.1 Å². The van der Waals surface area contributed by atoms with Gasteiger partial charge >= 0.3 is 6.61 Å². The molecule has 1 N–H and O–H groups in total. The van der Waals surface area contributed by atoms with Crippen molar-refractivity contribution in [3.05, 3.63) is 65.7 Å². The van der Waals surface area contributed by atoms with Crippen molar-refractivity contribution in [1.82, 2.24) is 4.90 Å². The molecule has 0 bridgehead atoms. The highest BCUT2D eigenvalue weighted by atomic mass is 19.3. The third-order valence-corrected chi connectivity index (χ3v) is 5.07. The van der Waals surface area contributed by atoms with Crippen molar-refractivity contribution in [1.29, 1.82) is 0 Å². The fraction of sp³-hybridized carbons (Fsp3) is 0.348. The molecule has 1 amide bonds. The lowest BCUT2D eigenvalue weighted by Gasteiger charge is -2.30. The molecule has 2 aromatic rings. The molecule has 1 atom stereocenters. The van der Waals surface area contributed by atoms with Crippen molar-refractivity contribution in [3.63, 3.8) is 0 Å². The average molecular weight is 417 g/mol. The van der Waals surface area contributed by atoms with Gasteiger partial charge in [-0.1, -0.05) is 42.5 Å². The number of alkyl halides is 2. The Kier molecular flexibility index (Phi) is 7.41. The van der Waals surface area contributed by atoms with Gasteiger partial charge in [-0.05, 0) is 36.5 Å². The maximum Gasteiger partial charge on any atom is 0.387 e. The van der Waals surface area contributed by atoms with E-state index in [9.17, 15) is 18.7 Å². The number of rotatable bonds is 10. The zero-order valence-corrected chi connectivity index (χ0v) is 16.7. The summed E-state index contributed by atoms with van der Waals surface area (Å²) >= 11 is 0. The Bertz CT molecular complexity index is 869. The first-order valence-corrected chi connectivity index (χ1v) is 9.78. The number of para-hydroxylation sites is 1. The highest BCUT2D eigenvalue weighted by Crippen LogP contribution is 2.36. The van der Waals surface area contributed by atoms with Gasteiger partial charge in [-0.15, -0.1) is 0 Å². The Balaban J connectivity index is 1.85. The Morgan fingerprint density at radius 3 is 2.53 bits per heavy atom. The summed E-state index contributed by atoms with van der Waals surface area (Å²) < 4.78 is 35.4. The number of carbonyl (C=O) groups excluding carboxylic acids is 1. The SMILES string of the molecule is COc1cccc(/C=C/C(=O)N(Cc2ccccc2)C(CO)C2CC2)c1OC(F)F. The van der Waals surface area contributed by atoms with E-state index in [4.69, 9.17) is 4.74 Å². The number of hydrogen-bond acceptors (Lipinski definition) is 4. The molecule has 30 heavy (non-hydrogen) atoms. The van der Waals surface area contributed by atoms with Crippen LogP contribution in [-0.2, 0) is 11.3 Å². The van der Waals surface area contributed by atoms with Crippen molar-refractivity contribution >= 4 is 12.0 Å². The molecule has 5 nitrogen and oxygen atoms in total. The van der Waals surface area contributed by atoms with Crippen LogP contribution in [0.2, 0.25) is 0 Å². The van der Waals surface area contributed by atoms with Gasteiger partial charge in [-0.25, -0.2) is 0 Å². The van der Waals surface area contributed by atoms with Crippen molar-refractivity contribution in [2.45, 2.75) is 32.0 Å². The minimum Gasteiger partial charge on any atom is -0.493 e. The quantitative estimate of drug-likeness (QED) is 0.591. The summed E-state index contributed by atoms with van der Waals surface area (Å²) in [4.78, 5) is 14.7. The van der Waals surface area contributed by atoms with Gasteiger partial charge in [-0.3, -0.25) is 4.79 Å². The third-order valence-electron chi connectivity index (χ3n) is 5.07. The Morgan fingerprint density at radius 2 is 1.93 bits per heavy atom. The summed E-state index contributed by atoms with van der Waals surface area (Å²) in [7, 11) is 1.36. The van der Waals surface area contributed by atoms with E-state index < -0.39 is 6.61 Å². The van der Waals surface area contributed by atoms with E-state index in [2.05, 4.69) is 4.74 Å². The number of nitrogens with zero attached hydrogens (tertiary/aromatic N) is 1. The number of benzene rings is 2. The Morgan fingerprint density at radius 1 is 1.20 bits per heavy atom. The molecule has 0 spiro atoms. The van der Waals surface area contributed by atoms with Crippen LogP contribution in [0.15, 0.2) is 54.6 Å². The molecule has 1 fully saturated rings. The topological polar surface area (TPSA) is 59.0 Å². The largest absolute Gasteiger partial charge is 0.493 e. The summed E-state index contributed by atoms with van der Waals surface area (Å²) in [5, 5.41) is 9.89. The molecule has 0 saturated heterocycles. The van der Waals surface area contributed by atoms with Crippen LogP contribution in [0, 0.1) is 5.92 Å². The molecular weight excluding hydrogens is 392 g/mol. The molecule has 2 aromatic carbocycles. The lowest BCUT2D eigenvalue weighted by atomic mass is 10.1. The van der Waals surface area contributed by atoms with E-state index >= 15 is 0 Å². The number of methoxy groups -OCH3 is 1. The van der Waals surface area contributed by atoms with E-state index in [1.807, 2.05) is 30.3 Å². The third kappa shape index (κ3) is 5.57. The maximum atomic E-state index is 13.0. The van der Waals surface area contributed by atoms with Crippen LogP contribution in [-0.4, -0.2) is 42.3 Å². The molecule has 1 aliphatic carbocycles. The van der Waals surface area contributed by atoms with Crippen LogP contribution in [0.1, 0.15) is 24.0 Å². The number of carbonyl (C=O) groups is 1. The highest BCUT2D eigenvalue weighted by molar-refractivity contribution is 5.92. The number of aliphatic hydroxyl groups excluding tert-OH is 1. The van der Waals surface area contributed by atoms with E-state index in [1.165, 1.54) is 25.3 Å². The smallest absolute Gasteiger partial charge is 0.387 e. The summed E-state index contributed by atoms with van der Waals surface area (Å²) in [5.41, 5.74) is 1.25. The monoisotopic (exact) mass is 417 g/mol. The predicted molar refractivity (Wildman–Crippen MR) is 109 cm³/mol. The molecule has 1 aliphatic rings. The summed E-state index contributed by atoms with van der Waals surface area (Å²) in [6.07, 6.45) is 4.69. The molecule has 0 radical (unpaired) electrons. The lowest BCUT2D eigenvalue weighted by molar-refractivity contribution is -0.130. The molecule has 160 valence electrons. The fourth-order valence-electron chi connectivity index (χ4n) is 3.42. The first-order chi connectivity index (χ1) is 14.5. The second kappa shape index (κ2) is 10.2. The van der Waals surface area contributed by atoms with Crippen molar-refractivity contribution in [2.75, 3.05) is 13.7 Å². The number of aliphatic hydroxyl groups is 1. The van der Waals surface area contributed by atoms with Crippen molar-refractivity contribution in [3.8, 4) is 11.5 Å². The van der Waals surface area contributed by atoms with Gasteiger partial charge in [0.15, 0.2) is 11.5 Å². The molecule has 1 saturated carbocycles. The fourth-order valence-corrected chi connectivity index (χ4v) is 3.42. The van der Waals surface area contributed by atoms with E-state index in [1.54, 1.807) is 17.0 Å². The van der Waals surface area contributed by atoms with Crippen LogP contribution in [0.4, 0.5) is 8.78 Å². The van der Waals surface area contributed by atoms with Gasteiger partial charge in [0.2, 0.25) is 5.91 Å². The van der Waals surface area contributed by atoms with E-state index in [0.717, 1.165) is 18.4 Å². The first kappa shape index (κ1) is 21.8. The molecular formula is C23H25F2NO4. The highest BCUT2D eigenvalue weighted by Gasteiger charge is 2.36. The second-order valence-corrected chi connectivity index (χ2v) is 7.13. The van der Waals surface area contributed by atoms with Crippen molar-refractivity contribution < 1.29 is 28.2 Å². The maximum absolute atomic E-state index is 13.0. The normalized spacial score (nSPS) is 14.7. The molecule has 7 heteroatoms. The number of halogens is 2. The van der Waals surface area contributed by atoms with Crippen LogP contribution in [0.25, 0.3) is 6.08 Å². The zero-order chi connectivity index (χ0) is 21.5. The van der Waals surface area contributed by atoms with Crippen LogP contribution < -0.4 is 9.47 Å². The van der Waals surface area contributed by atoms with Gasteiger partial charge in [0.1, 0.15) is 0 Å². The van der Waals surface area contributed by atoms with Crippen LogP contribution >= 0.6 is 0 Å². The van der Waals surface area contributed by atoms with E-state index in [-0.39, 0.29) is 36.0 Å². The minimum absolute atomic E-state index is 0.129. The summed E-state index contributed by atoms with van der Waals surface area (Å²) in [6.45, 7) is -2.80. The Hall–Kier alpha value is -2.93. The van der Waals surface area contributed by atoms with Gasteiger partial charge in [0.05, 0.1) is 19.8 Å². The second-order valence-electron chi connectivity index (χ2n) is 7.13. The van der Waals surface area contributed by atoms with Gasteiger partial charge in [0.25, 0.3) is 0 Å². The number of ether oxygens (including phenoxy) is 2. The lowest BCUT2D eigenvalue weighted by Crippen LogP contribution is -2.42. The standard InChI is InChI=1S/C23H25F2NO4/c1-29-20-9-5-8-18(22(20)30-23(24)25)12-13-21(28)26(19(15-27)17-10-11-17)14-16-6-3-2-4-7-16/h2-9,12-13,17,19,23,27H,10-11,14-15H2,1H3/b13-12+. The van der Waals surface area contributed by atoms with Crippen LogP contribution in [0.5, 0.6) is 11.5 Å². The predicted octanol–water partition coefficient (Wildman–Crippen LogP) is 4.11. The number of hydrogen-bond donors (Lipinski definition) is 1.